The van der Waals surface area contributed by atoms with Gasteiger partial charge >= 0.3 is 6.18 Å². The standard InChI is InChI=1S/C35H45ClF3N9O5/c1-5-27-30(45-12-14-46(15-13-45)32(51)29-31(50)21(3)41-19-42-29)33(52)48(40)34(43-20(2)6-7-22-8-10-24(16-22)53-4)47(27)18-28(49)44-26-11-9-23(17-25(26)36)35(37,38)39/h9,11,17,19-20,22,24,50H,5-8,10,12-16,18,40H2,1-4H3,(H,44,49). The highest BCUT2D eigenvalue weighted by Gasteiger charge is 2.32. The first-order valence-corrected chi connectivity index (χ1v) is 17.9. The number of benzene rings is 1. The summed E-state index contributed by atoms with van der Waals surface area (Å²) in [6.07, 6.45) is 1.71. The fraction of sp³-hybridized carbons (Fsp3) is 0.543. The zero-order valence-corrected chi connectivity index (χ0v) is 30.9. The molecule has 53 heavy (non-hydrogen) atoms. The molecule has 14 nitrogen and oxygen atoms in total. The van der Waals surface area contributed by atoms with E-state index < -0.39 is 29.1 Å². The van der Waals surface area contributed by atoms with E-state index in [9.17, 15) is 32.7 Å². The van der Waals surface area contributed by atoms with Gasteiger partial charge < -0.3 is 35.4 Å². The number of nitrogen functional groups attached to an aromatic ring is 1. The van der Waals surface area contributed by atoms with Crippen molar-refractivity contribution in [2.45, 2.75) is 84.2 Å². The van der Waals surface area contributed by atoms with Crippen molar-refractivity contribution in [3.05, 3.63) is 68.2 Å². The summed E-state index contributed by atoms with van der Waals surface area (Å²) >= 11 is 6.14. The SMILES string of the molecule is CCc1c(N2CCN(C(=O)c3ncnc(C)c3O)CC2)c(=O)n(N)c(=NC(C)CCC2CCC(OC)C2)n1CC(=O)Nc1ccc(C(F)(F)F)cc1Cl. The number of carbonyl (C=O) groups excluding carboxylic acids is 2. The third-order valence-electron chi connectivity index (χ3n) is 9.93. The number of aromatic nitrogens is 4. The number of hydrogen-bond acceptors (Lipinski definition) is 10. The lowest BCUT2D eigenvalue weighted by atomic mass is 9.99. The molecule has 2 aromatic heterocycles. The highest BCUT2D eigenvalue weighted by molar-refractivity contribution is 6.33. The molecule has 5 rings (SSSR count). The normalized spacial score (nSPS) is 18.8. The van der Waals surface area contributed by atoms with E-state index in [1.807, 2.05) is 13.8 Å². The second-order valence-corrected chi connectivity index (χ2v) is 13.9. The lowest BCUT2D eigenvalue weighted by molar-refractivity contribution is -0.137. The summed E-state index contributed by atoms with van der Waals surface area (Å²) in [6, 6.07) is 2.36. The summed E-state index contributed by atoms with van der Waals surface area (Å²) < 4.78 is 47.7. The van der Waals surface area contributed by atoms with Crippen LogP contribution >= 0.6 is 11.6 Å². The van der Waals surface area contributed by atoms with Crippen molar-refractivity contribution < 1.29 is 32.6 Å². The van der Waals surface area contributed by atoms with E-state index in [2.05, 4.69) is 15.3 Å². The Morgan fingerprint density at radius 1 is 1.19 bits per heavy atom. The Balaban J connectivity index is 1.46. The number of methoxy groups -OCH3 is 1. The van der Waals surface area contributed by atoms with Crippen molar-refractivity contribution >= 4 is 34.8 Å². The van der Waals surface area contributed by atoms with E-state index in [-0.39, 0.29) is 90.4 Å². The van der Waals surface area contributed by atoms with Gasteiger partial charge in [-0.1, -0.05) is 18.5 Å². The largest absolute Gasteiger partial charge is 0.504 e. The minimum atomic E-state index is -4.62. The highest BCUT2D eigenvalue weighted by atomic mass is 35.5. The Morgan fingerprint density at radius 3 is 2.53 bits per heavy atom. The number of nitrogens with one attached hydrogen (secondary N) is 1. The topological polar surface area (TPSA) is 173 Å². The van der Waals surface area contributed by atoms with Crippen molar-refractivity contribution in [1.29, 1.82) is 0 Å². The fourth-order valence-corrected chi connectivity index (χ4v) is 7.19. The summed E-state index contributed by atoms with van der Waals surface area (Å²) in [7, 11) is 1.72. The van der Waals surface area contributed by atoms with Gasteiger partial charge in [0.2, 0.25) is 11.5 Å². The number of nitrogens with two attached hydrogens (primary N) is 1. The summed E-state index contributed by atoms with van der Waals surface area (Å²) in [6.45, 7) is 5.73. The van der Waals surface area contributed by atoms with Gasteiger partial charge in [0.25, 0.3) is 11.5 Å². The van der Waals surface area contributed by atoms with Gasteiger partial charge in [-0.25, -0.2) is 15.0 Å². The first-order valence-electron chi connectivity index (χ1n) is 17.5. The van der Waals surface area contributed by atoms with Crippen molar-refractivity contribution in [2.24, 2.45) is 10.9 Å². The quantitative estimate of drug-likeness (QED) is 0.245. The van der Waals surface area contributed by atoms with Gasteiger partial charge in [-0.05, 0) is 76.5 Å². The monoisotopic (exact) mass is 763 g/mol. The van der Waals surface area contributed by atoms with Crippen LogP contribution in [-0.2, 0) is 28.7 Å². The minimum Gasteiger partial charge on any atom is -0.504 e. The van der Waals surface area contributed by atoms with Crippen molar-refractivity contribution in [2.75, 3.05) is 49.3 Å². The van der Waals surface area contributed by atoms with Gasteiger partial charge in [0.1, 0.15) is 18.6 Å². The molecule has 1 saturated carbocycles. The second-order valence-electron chi connectivity index (χ2n) is 13.5. The molecule has 3 aromatic rings. The van der Waals surface area contributed by atoms with Crippen LogP contribution in [0, 0.1) is 12.8 Å². The summed E-state index contributed by atoms with van der Waals surface area (Å²) in [5, 5.41) is 12.7. The van der Waals surface area contributed by atoms with Crippen LogP contribution in [0.5, 0.6) is 5.75 Å². The Hall–Kier alpha value is -4.64. The molecule has 2 amide bonds. The number of anilines is 2. The Kier molecular flexibility index (Phi) is 12.4. The number of carbonyl (C=O) groups is 2. The molecule has 3 unspecified atom stereocenters. The van der Waals surface area contributed by atoms with Crippen LogP contribution in [0.15, 0.2) is 34.3 Å². The zero-order chi connectivity index (χ0) is 38.6. The van der Waals surface area contributed by atoms with Gasteiger partial charge in [-0.3, -0.25) is 14.4 Å². The molecule has 1 aliphatic heterocycles. The zero-order valence-electron chi connectivity index (χ0n) is 30.1. The molecule has 0 radical (unpaired) electrons. The Bertz CT molecular complexity index is 1960. The fourth-order valence-electron chi connectivity index (χ4n) is 6.96. The molecule has 2 fully saturated rings. The Labute approximate surface area is 309 Å². The van der Waals surface area contributed by atoms with Gasteiger partial charge in [0.05, 0.1) is 39.8 Å². The third-order valence-corrected chi connectivity index (χ3v) is 10.2. The number of nitrogens with zero attached hydrogens (tertiary/aromatic N) is 7. The number of aryl methyl sites for hydroxylation is 1. The second kappa shape index (κ2) is 16.6. The number of piperazine rings is 1. The van der Waals surface area contributed by atoms with Crippen LogP contribution in [0.25, 0.3) is 0 Å². The molecular formula is C35H45ClF3N9O5. The lowest BCUT2D eigenvalue weighted by Gasteiger charge is -2.37. The molecule has 288 valence electrons. The van der Waals surface area contributed by atoms with Crippen molar-refractivity contribution in [3.63, 3.8) is 0 Å². The molecule has 3 heterocycles. The molecule has 0 spiro atoms. The van der Waals surface area contributed by atoms with Gasteiger partial charge in [0, 0.05) is 33.3 Å². The van der Waals surface area contributed by atoms with Gasteiger partial charge in [0.15, 0.2) is 11.4 Å². The molecule has 3 atom stereocenters. The maximum Gasteiger partial charge on any atom is 0.416 e. The van der Waals surface area contributed by atoms with Crippen LogP contribution in [0.3, 0.4) is 0 Å². The maximum absolute atomic E-state index is 14.1. The van der Waals surface area contributed by atoms with Crippen LogP contribution in [0.2, 0.25) is 5.02 Å². The molecule has 1 aromatic carbocycles. The van der Waals surface area contributed by atoms with Crippen molar-refractivity contribution in [1.82, 2.24) is 24.1 Å². The third kappa shape index (κ3) is 8.95. The predicted molar refractivity (Wildman–Crippen MR) is 192 cm³/mol. The van der Waals surface area contributed by atoms with E-state index in [0.717, 1.165) is 48.6 Å². The first-order chi connectivity index (χ1) is 25.1. The smallest absolute Gasteiger partial charge is 0.416 e. The van der Waals surface area contributed by atoms with E-state index in [0.29, 0.717) is 18.0 Å². The number of rotatable bonds is 11. The van der Waals surface area contributed by atoms with E-state index in [1.165, 1.54) is 11.2 Å². The number of hydrogen-bond donors (Lipinski definition) is 3. The first kappa shape index (κ1) is 39.6. The Morgan fingerprint density at radius 2 is 1.91 bits per heavy atom. The van der Waals surface area contributed by atoms with Gasteiger partial charge in [-0.2, -0.15) is 17.8 Å². The van der Waals surface area contributed by atoms with Gasteiger partial charge in [-0.15, -0.1) is 0 Å². The van der Waals surface area contributed by atoms with E-state index >= 15 is 0 Å². The molecule has 1 saturated heterocycles. The molecular weight excluding hydrogens is 719 g/mol. The molecule has 0 bridgehead atoms. The summed E-state index contributed by atoms with van der Waals surface area (Å²) in [5.41, 5.74) is -0.630. The average Bonchev–Trinajstić information content (AvgIpc) is 3.60. The van der Waals surface area contributed by atoms with Crippen LogP contribution in [0.4, 0.5) is 24.5 Å². The van der Waals surface area contributed by atoms with Crippen LogP contribution < -0.4 is 27.2 Å². The predicted octanol–water partition coefficient (Wildman–Crippen LogP) is 3.89. The number of halogens is 4. The highest BCUT2D eigenvalue weighted by Crippen LogP contribution is 2.34. The number of ether oxygens (including phenoxy) is 1. The van der Waals surface area contributed by atoms with E-state index in [1.54, 1.807) is 23.5 Å². The molecule has 4 N–H and O–H groups in total. The van der Waals surface area contributed by atoms with Crippen LogP contribution in [-0.4, -0.2) is 86.5 Å². The molecule has 18 heteroatoms. The molecule has 1 aliphatic carbocycles. The number of alkyl halides is 3. The minimum absolute atomic E-state index is 0.0203. The van der Waals surface area contributed by atoms with E-state index in [4.69, 9.17) is 27.2 Å². The lowest BCUT2D eigenvalue weighted by Crippen LogP contribution is -2.54. The summed E-state index contributed by atoms with van der Waals surface area (Å²) in [5.74, 6) is 5.56. The molecule has 2 aliphatic rings. The van der Waals surface area contributed by atoms with Crippen molar-refractivity contribution in [3.8, 4) is 5.75 Å². The van der Waals surface area contributed by atoms with Crippen LogP contribution in [0.1, 0.15) is 73.4 Å². The number of aromatic hydroxyl groups is 1. The number of amides is 2. The maximum atomic E-state index is 14.1. The summed E-state index contributed by atoms with van der Waals surface area (Å²) in [4.78, 5) is 56.9. The average molecular weight is 764 g/mol.